The standard InChI is InChI=1S/C21H24F3N3O2/c1-2-29-20(28)25-18-14-17(21(22,23)24)8-9-19(18)27-12-10-26(11-13-27)15-16-6-4-3-5-7-16/h3-9,14H,2,10-13,15H2,1H3,(H,25,28). The van der Waals surface area contributed by atoms with Crippen molar-refractivity contribution in [3.8, 4) is 0 Å². The van der Waals surface area contributed by atoms with Gasteiger partial charge in [0.2, 0.25) is 0 Å². The summed E-state index contributed by atoms with van der Waals surface area (Å²) in [5.41, 5.74) is 1.08. The van der Waals surface area contributed by atoms with Crippen LogP contribution in [0.1, 0.15) is 18.1 Å². The van der Waals surface area contributed by atoms with Crippen molar-refractivity contribution in [2.24, 2.45) is 0 Å². The van der Waals surface area contributed by atoms with E-state index in [0.717, 1.165) is 31.8 Å². The van der Waals surface area contributed by atoms with Gasteiger partial charge < -0.3 is 9.64 Å². The number of hydrogen-bond donors (Lipinski definition) is 1. The number of halogens is 3. The fourth-order valence-electron chi connectivity index (χ4n) is 3.35. The summed E-state index contributed by atoms with van der Waals surface area (Å²) in [6.07, 6.45) is -5.26. The number of benzene rings is 2. The number of carbonyl (C=O) groups is 1. The van der Waals surface area contributed by atoms with Crippen LogP contribution in [0.4, 0.5) is 29.3 Å². The number of nitrogens with one attached hydrogen (secondary N) is 1. The summed E-state index contributed by atoms with van der Waals surface area (Å²) in [5, 5.41) is 2.46. The molecule has 0 spiro atoms. The van der Waals surface area contributed by atoms with E-state index in [2.05, 4.69) is 22.3 Å². The molecule has 1 N–H and O–H groups in total. The molecule has 0 atom stereocenters. The van der Waals surface area contributed by atoms with Gasteiger partial charge in [0.25, 0.3) is 0 Å². The van der Waals surface area contributed by atoms with Gasteiger partial charge in [-0.15, -0.1) is 0 Å². The number of anilines is 2. The minimum absolute atomic E-state index is 0.106. The molecule has 1 aliphatic heterocycles. The number of piperazine rings is 1. The normalized spacial score (nSPS) is 15.2. The van der Waals surface area contributed by atoms with E-state index in [4.69, 9.17) is 4.74 Å². The van der Waals surface area contributed by atoms with Crippen LogP contribution in [-0.4, -0.2) is 43.8 Å². The number of amides is 1. The maximum atomic E-state index is 13.1. The quantitative estimate of drug-likeness (QED) is 0.787. The maximum absolute atomic E-state index is 13.1. The van der Waals surface area contributed by atoms with E-state index in [1.165, 1.54) is 11.6 Å². The van der Waals surface area contributed by atoms with Gasteiger partial charge >= 0.3 is 12.3 Å². The average Bonchev–Trinajstić information content (AvgIpc) is 2.69. The van der Waals surface area contributed by atoms with E-state index in [-0.39, 0.29) is 12.3 Å². The lowest BCUT2D eigenvalue weighted by Crippen LogP contribution is -2.46. The van der Waals surface area contributed by atoms with E-state index in [9.17, 15) is 18.0 Å². The van der Waals surface area contributed by atoms with Crippen molar-refractivity contribution >= 4 is 17.5 Å². The van der Waals surface area contributed by atoms with Crippen LogP contribution in [-0.2, 0) is 17.5 Å². The molecule has 1 aliphatic rings. The Morgan fingerprint density at radius 1 is 1.07 bits per heavy atom. The first-order chi connectivity index (χ1) is 13.9. The van der Waals surface area contributed by atoms with E-state index < -0.39 is 17.8 Å². The Morgan fingerprint density at radius 2 is 1.76 bits per heavy atom. The minimum Gasteiger partial charge on any atom is -0.450 e. The number of hydrogen-bond acceptors (Lipinski definition) is 4. The third-order valence-corrected chi connectivity index (χ3v) is 4.80. The highest BCUT2D eigenvalue weighted by atomic mass is 19.4. The second-order valence-electron chi connectivity index (χ2n) is 6.82. The molecular formula is C21H24F3N3O2. The Labute approximate surface area is 168 Å². The van der Waals surface area contributed by atoms with Crippen molar-refractivity contribution in [1.29, 1.82) is 0 Å². The zero-order chi connectivity index (χ0) is 20.9. The molecule has 2 aromatic rings. The van der Waals surface area contributed by atoms with Crippen LogP contribution in [0.5, 0.6) is 0 Å². The zero-order valence-electron chi connectivity index (χ0n) is 16.2. The molecule has 2 aromatic carbocycles. The van der Waals surface area contributed by atoms with Crippen LogP contribution in [0.25, 0.3) is 0 Å². The van der Waals surface area contributed by atoms with Crippen molar-refractivity contribution in [3.05, 3.63) is 59.7 Å². The first-order valence-corrected chi connectivity index (χ1v) is 9.53. The number of rotatable bonds is 5. The fraction of sp³-hybridized carbons (Fsp3) is 0.381. The van der Waals surface area contributed by atoms with Gasteiger partial charge in [-0.05, 0) is 30.7 Å². The molecule has 8 heteroatoms. The van der Waals surface area contributed by atoms with Crippen molar-refractivity contribution in [3.63, 3.8) is 0 Å². The van der Waals surface area contributed by atoms with Gasteiger partial charge in [-0.3, -0.25) is 10.2 Å². The highest BCUT2D eigenvalue weighted by Crippen LogP contribution is 2.36. The number of nitrogens with zero attached hydrogens (tertiary/aromatic N) is 2. The van der Waals surface area contributed by atoms with Gasteiger partial charge in [-0.2, -0.15) is 13.2 Å². The van der Waals surface area contributed by atoms with Crippen LogP contribution < -0.4 is 10.2 Å². The van der Waals surface area contributed by atoms with Crippen molar-refractivity contribution in [2.75, 3.05) is 43.0 Å². The minimum atomic E-state index is -4.49. The molecule has 0 aliphatic carbocycles. The Balaban J connectivity index is 1.73. The second-order valence-corrected chi connectivity index (χ2v) is 6.82. The fourth-order valence-corrected chi connectivity index (χ4v) is 3.35. The molecule has 0 aromatic heterocycles. The summed E-state index contributed by atoms with van der Waals surface area (Å²) < 4.78 is 44.2. The predicted molar refractivity (Wildman–Crippen MR) is 106 cm³/mol. The van der Waals surface area contributed by atoms with Crippen molar-refractivity contribution in [2.45, 2.75) is 19.6 Å². The second kappa shape index (κ2) is 9.17. The molecule has 0 bridgehead atoms. The highest BCUT2D eigenvalue weighted by molar-refractivity contribution is 5.90. The Bertz CT molecular complexity index is 820. The van der Waals surface area contributed by atoms with E-state index in [0.29, 0.717) is 18.8 Å². The molecule has 1 heterocycles. The molecular weight excluding hydrogens is 383 g/mol. The lowest BCUT2D eigenvalue weighted by Gasteiger charge is -2.37. The van der Waals surface area contributed by atoms with Gasteiger partial charge in [-0.1, -0.05) is 30.3 Å². The first kappa shape index (κ1) is 21.0. The van der Waals surface area contributed by atoms with E-state index in [1.807, 2.05) is 23.1 Å². The molecule has 156 valence electrons. The average molecular weight is 407 g/mol. The first-order valence-electron chi connectivity index (χ1n) is 9.53. The molecule has 5 nitrogen and oxygen atoms in total. The van der Waals surface area contributed by atoms with Gasteiger partial charge in [0.05, 0.1) is 23.5 Å². The predicted octanol–water partition coefficient (Wildman–Crippen LogP) is 4.60. The highest BCUT2D eigenvalue weighted by Gasteiger charge is 2.32. The summed E-state index contributed by atoms with van der Waals surface area (Å²) in [6, 6.07) is 13.5. The number of ether oxygens (including phenoxy) is 1. The molecule has 1 fully saturated rings. The van der Waals surface area contributed by atoms with Gasteiger partial charge in [0, 0.05) is 32.7 Å². The van der Waals surface area contributed by atoms with E-state index in [1.54, 1.807) is 6.92 Å². The lowest BCUT2D eigenvalue weighted by molar-refractivity contribution is -0.137. The summed E-state index contributed by atoms with van der Waals surface area (Å²) in [6.45, 7) is 5.45. The van der Waals surface area contributed by atoms with Gasteiger partial charge in [0.15, 0.2) is 0 Å². The smallest absolute Gasteiger partial charge is 0.416 e. The molecule has 0 unspecified atom stereocenters. The summed E-state index contributed by atoms with van der Waals surface area (Å²) >= 11 is 0. The monoisotopic (exact) mass is 407 g/mol. The Hall–Kier alpha value is -2.74. The van der Waals surface area contributed by atoms with Crippen LogP contribution in [0.15, 0.2) is 48.5 Å². The zero-order valence-corrected chi connectivity index (χ0v) is 16.2. The Kier molecular flexibility index (Phi) is 6.64. The summed E-state index contributed by atoms with van der Waals surface area (Å²) in [7, 11) is 0. The van der Waals surface area contributed by atoms with E-state index >= 15 is 0 Å². The molecule has 0 radical (unpaired) electrons. The van der Waals surface area contributed by atoms with Crippen LogP contribution in [0.3, 0.4) is 0 Å². The van der Waals surface area contributed by atoms with Crippen LogP contribution in [0, 0.1) is 0 Å². The molecule has 29 heavy (non-hydrogen) atoms. The van der Waals surface area contributed by atoms with Crippen LogP contribution >= 0.6 is 0 Å². The third-order valence-electron chi connectivity index (χ3n) is 4.80. The number of carbonyl (C=O) groups excluding carboxylic acids is 1. The van der Waals surface area contributed by atoms with Crippen LogP contribution in [0.2, 0.25) is 0 Å². The topological polar surface area (TPSA) is 44.8 Å². The Morgan fingerprint density at radius 3 is 2.38 bits per heavy atom. The lowest BCUT2D eigenvalue weighted by atomic mass is 10.1. The van der Waals surface area contributed by atoms with Gasteiger partial charge in [-0.25, -0.2) is 4.79 Å². The van der Waals surface area contributed by atoms with Gasteiger partial charge in [0.1, 0.15) is 0 Å². The molecule has 3 rings (SSSR count). The third kappa shape index (κ3) is 5.63. The number of alkyl halides is 3. The SMILES string of the molecule is CCOC(=O)Nc1cc(C(F)(F)F)ccc1N1CCN(Cc2ccccc2)CC1. The molecule has 1 amide bonds. The molecule has 1 saturated heterocycles. The largest absolute Gasteiger partial charge is 0.450 e. The van der Waals surface area contributed by atoms with Crippen molar-refractivity contribution in [1.82, 2.24) is 4.90 Å². The molecule has 0 saturated carbocycles. The maximum Gasteiger partial charge on any atom is 0.416 e. The summed E-state index contributed by atoms with van der Waals surface area (Å²) in [4.78, 5) is 16.1. The van der Waals surface area contributed by atoms with Crippen molar-refractivity contribution < 1.29 is 22.7 Å². The summed E-state index contributed by atoms with van der Waals surface area (Å²) in [5.74, 6) is 0.